The maximum absolute atomic E-state index is 12.7. The second kappa shape index (κ2) is 9.63. The second-order valence-corrected chi connectivity index (χ2v) is 7.27. The molecule has 2 amide bonds. The molecule has 0 heterocycles. The molecule has 6 nitrogen and oxygen atoms in total. The molecule has 0 aliphatic heterocycles. The zero-order chi connectivity index (χ0) is 19.0. The third kappa shape index (κ3) is 6.92. The number of carbonyl (C=O) groups is 2. The number of alkyl halides is 1. The maximum Gasteiger partial charge on any atom is 0.407 e. The summed E-state index contributed by atoms with van der Waals surface area (Å²) in [5, 5.41) is 15.5. The van der Waals surface area contributed by atoms with Gasteiger partial charge in [0.05, 0.1) is 25.1 Å². The van der Waals surface area contributed by atoms with Crippen molar-refractivity contribution in [3.05, 3.63) is 35.9 Å². The number of ether oxygens (including phenoxy) is 1. The number of rotatable bonds is 7. The molecular formula is C18H27ClN2O4. The molecule has 3 atom stereocenters. The molecule has 0 aliphatic carbocycles. The van der Waals surface area contributed by atoms with Crippen LogP contribution in [0.25, 0.3) is 0 Å². The van der Waals surface area contributed by atoms with E-state index in [1.807, 2.05) is 51.1 Å². The van der Waals surface area contributed by atoms with Gasteiger partial charge >= 0.3 is 6.09 Å². The van der Waals surface area contributed by atoms with E-state index in [0.717, 1.165) is 5.56 Å². The Morgan fingerprint density at radius 1 is 1.20 bits per heavy atom. The van der Waals surface area contributed by atoms with Gasteiger partial charge in [0.25, 0.3) is 0 Å². The van der Waals surface area contributed by atoms with E-state index in [1.165, 1.54) is 7.11 Å². The number of halogens is 1. The molecule has 1 rings (SSSR count). The standard InChI is InChI=1S/C18H27ClN2O4/c1-18(2,3)15(21-17(24)25-4)16(23)20-13(14(22)11-19)10-12-8-6-5-7-9-12/h5-9,13-15,22H,10-11H2,1-4H3,(H,20,23)(H,21,24)/t13?,14-,15+/m0/s1. The summed E-state index contributed by atoms with van der Waals surface area (Å²) in [7, 11) is 1.24. The Labute approximate surface area is 153 Å². The molecule has 0 spiro atoms. The van der Waals surface area contributed by atoms with Crippen LogP contribution in [0.15, 0.2) is 30.3 Å². The van der Waals surface area contributed by atoms with Crippen LogP contribution in [0.4, 0.5) is 4.79 Å². The van der Waals surface area contributed by atoms with Crippen molar-refractivity contribution in [2.75, 3.05) is 13.0 Å². The Bertz CT molecular complexity index is 560. The highest BCUT2D eigenvalue weighted by molar-refractivity contribution is 6.18. The third-order valence-corrected chi connectivity index (χ3v) is 4.14. The molecule has 0 aromatic heterocycles. The topological polar surface area (TPSA) is 87.7 Å². The predicted octanol–water partition coefficient (Wildman–Crippen LogP) is 2.08. The minimum absolute atomic E-state index is 0.0115. The van der Waals surface area contributed by atoms with Crippen LogP contribution >= 0.6 is 11.6 Å². The van der Waals surface area contributed by atoms with Gasteiger partial charge in [-0.3, -0.25) is 4.79 Å². The van der Waals surface area contributed by atoms with Crippen molar-refractivity contribution in [1.82, 2.24) is 10.6 Å². The summed E-state index contributed by atoms with van der Waals surface area (Å²) in [5.74, 6) is -0.412. The Hall–Kier alpha value is -1.79. The fraction of sp³-hybridized carbons (Fsp3) is 0.556. The lowest BCUT2D eigenvalue weighted by Gasteiger charge is -2.32. The molecule has 0 aliphatic rings. The summed E-state index contributed by atoms with van der Waals surface area (Å²) >= 11 is 5.78. The molecule has 1 aromatic rings. The van der Waals surface area contributed by atoms with Gasteiger partial charge < -0.3 is 20.5 Å². The number of benzene rings is 1. The summed E-state index contributed by atoms with van der Waals surface area (Å²) in [6.07, 6.45) is -1.17. The molecule has 3 N–H and O–H groups in total. The highest BCUT2D eigenvalue weighted by Crippen LogP contribution is 2.20. The third-order valence-electron chi connectivity index (χ3n) is 3.82. The molecule has 0 radical (unpaired) electrons. The number of amides is 2. The van der Waals surface area contributed by atoms with Crippen LogP contribution in [-0.2, 0) is 16.0 Å². The van der Waals surface area contributed by atoms with E-state index in [9.17, 15) is 14.7 Å². The highest BCUT2D eigenvalue weighted by atomic mass is 35.5. The van der Waals surface area contributed by atoms with Crippen LogP contribution in [0.5, 0.6) is 0 Å². The molecule has 0 saturated carbocycles. The average Bonchev–Trinajstić information content (AvgIpc) is 2.57. The number of aliphatic hydroxyl groups excluding tert-OH is 1. The van der Waals surface area contributed by atoms with Crippen molar-refractivity contribution in [2.24, 2.45) is 5.41 Å². The smallest absolute Gasteiger partial charge is 0.407 e. The first-order valence-electron chi connectivity index (χ1n) is 8.11. The minimum Gasteiger partial charge on any atom is -0.453 e. The van der Waals surface area contributed by atoms with E-state index < -0.39 is 35.6 Å². The Kier molecular flexibility index (Phi) is 8.19. The summed E-state index contributed by atoms with van der Waals surface area (Å²) in [6, 6.07) is 8.10. The van der Waals surface area contributed by atoms with Gasteiger partial charge in [-0.25, -0.2) is 4.79 Å². The Morgan fingerprint density at radius 2 is 1.80 bits per heavy atom. The zero-order valence-corrected chi connectivity index (χ0v) is 15.8. The fourth-order valence-electron chi connectivity index (χ4n) is 2.38. The molecule has 1 unspecified atom stereocenters. The summed E-state index contributed by atoms with van der Waals surface area (Å²) in [5.41, 5.74) is 0.423. The second-order valence-electron chi connectivity index (χ2n) is 6.96. The predicted molar refractivity (Wildman–Crippen MR) is 97.6 cm³/mol. The average molecular weight is 371 g/mol. The van der Waals surface area contributed by atoms with E-state index in [1.54, 1.807) is 0 Å². The number of aliphatic hydroxyl groups is 1. The van der Waals surface area contributed by atoms with Crippen LogP contribution in [0.1, 0.15) is 26.3 Å². The number of carbonyl (C=O) groups excluding carboxylic acids is 2. The Balaban J connectivity index is 2.92. The van der Waals surface area contributed by atoms with Crippen LogP contribution in [0.3, 0.4) is 0 Å². The van der Waals surface area contributed by atoms with Gasteiger partial charge in [-0.1, -0.05) is 51.1 Å². The lowest BCUT2D eigenvalue weighted by Crippen LogP contribution is -2.57. The molecule has 0 fully saturated rings. The SMILES string of the molecule is COC(=O)N[C@H](C(=O)NC(Cc1ccccc1)[C@@H](O)CCl)C(C)(C)C. The number of hydrogen-bond donors (Lipinski definition) is 3. The molecular weight excluding hydrogens is 344 g/mol. The fourth-order valence-corrected chi connectivity index (χ4v) is 2.59. The van der Waals surface area contributed by atoms with Gasteiger partial charge in [-0.2, -0.15) is 0 Å². The highest BCUT2D eigenvalue weighted by Gasteiger charge is 2.35. The van der Waals surface area contributed by atoms with Crippen molar-refractivity contribution in [3.63, 3.8) is 0 Å². The van der Waals surface area contributed by atoms with Crippen molar-refractivity contribution >= 4 is 23.6 Å². The van der Waals surface area contributed by atoms with Gasteiger partial charge in [0, 0.05) is 0 Å². The van der Waals surface area contributed by atoms with E-state index in [-0.39, 0.29) is 5.88 Å². The molecule has 1 aromatic carbocycles. The lowest BCUT2D eigenvalue weighted by molar-refractivity contribution is -0.127. The molecule has 7 heteroatoms. The van der Waals surface area contributed by atoms with E-state index in [0.29, 0.717) is 6.42 Å². The molecule has 140 valence electrons. The largest absolute Gasteiger partial charge is 0.453 e. The van der Waals surface area contributed by atoms with Crippen molar-refractivity contribution in [3.8, 4) is 0 Å². The van der Waals surface area contributed by atoms with Gasteiger partial charge in [-0.05, 0) is 17.4 Å². The van der Waals surface area contributed by atoms with Gasteiger partial charge in [-0.15, -0.1) is 11.6 Å². The number of nitrogens with one attached hydrogen (secondary N) is 2. The van der Waals surface area contributed by atoms with E-state index in [4.69, 9.17) is 11.6 Å². The first kappa shape index (κ1) is 21.3. The van der Waals surface area contributed by atoms with Crippen LogP contribution in [-0.4, -0.2) is 48.3 Å². The van der Waals surface area contributed by atoms with Crippen LogP contribution < -0.4 is 10.6 Å². The van der Waals surface area contributed by atoms with Crippen molar-refractivity contribution in [1.29, 1.82) is 0 Å². The zero-order valence-electron chi connectivity index (χ0n) is 15.1. The van der Waals surface area contributed by atoms with E-state index >= 15 is 0 Å². The minimum atomic E-state index is -0.912. The monoisotopic (exact) mass is 370 g/mol. The first-order chi connectivity index (χ1) is 11.7. The van der Waals surface area contributed by atoms with Gasteiger partial charge in [0.2, 0.25) is 5.91 Å². The number of alkyl carbamates (subject to hydrolysis) is 1. The molecule has 0 bridgehead atoms. The maximum atomic E-state index is 12.7. The van der Waals surface area contributed by atoms with Gasteiger partial charge in [0.15, 0.2) is 0 Å². The summed E-state index contributed by atoms with van der Waals surface area (Å²) in [6.45, 7) is 5.49. The van der Waals surface area contributed by atoms with Crippen molar-refractivity contribution in [2.45, 2.75) is 45.4 Å². The van der Waals surface area contributed by atoms with Gasteiger partial charge in [0.1, 0.15) is 6.04 Å². The first-order valence-corrected chi connectivity index (χ1v) is 8.65. The van der Waals surface area contributed by atoms with Crippen molar-refractivity contribution < 1.29 is 19.4 Å². The Morgan fingerprint density at radius 3 is 2.28 bits per heavy atom. The molecule has 0 saturated heterocycles. The quantitative estimate of drug-likeness (QED) is 0.641. The van der Waals surface area contributed by atoms with E-state index in [2.05, 4.69) is 15.4 Å². The normalized spacial score (nSPS) is 15.0. The lowest BCUT2D eigenvalue weighted by atomic mass is 9.86. The summed E-state index contributed by atoms with van der Waals surface area (Å²) in [4.78, 5) is 24.3. The van der Waals surface area contributed by atoms with Crippen LogP contribution in [0.2, 0.25) is 0 Å². The number of hydrogen-bond acceptors (Lipinski definition) is 4. The number of methoxy groups -OCH3 is 1. The summed E-state index contributed by atoms with van der Waals surface area (Å²) < 4.78 is 4.59. The molecule has 25 heavy (non-hydrogen) atoms. The van der Waals surface area contributed by atoms with Crippen LogP contribution in [0, 0.1) is 5.41 Å².